The highest BCUT2D eigenvalue weighted by atomic mass is 35.5. The first-order valence-electron chi connectivity index (χ1n) is 5.37. The molecule has 0 aliphatic rings. The van der Waals surface area contributed by atoms with E-state index in [0.29, 0.717) is 0 Å². The van der Waals surface area contributed by atoms with Crippen LogP contribution in [0.5, 0.6) is 0 Å². The maximum atomic E-state index is 5.38. The largest absolute Gasteiger partial charge is 0.313 e. The summed E-state index contributed by atoms with van der Waals surface area (Å²) in [6.07, 6.45) is 10.1. The molecule has 0 aromatic heterocycles. The topological polar surface area (TPSA) is 12.0 Å². The van der Waals surface area contributed by atoms with Crippen molar-refractivity contribution in [1.82, 2.24) is 5.32 Å². The Morgan fingerprint density at radius 1 is 1.08 bits per heavy atom. The summed E-state index contributed by atoms with van der Waals surface area (Å²) >= 11 is 5.38. The molecule has 0 saturated heterocycles. The van der Waals surface area contributed by atoms with Crippen LogP contribution < -0.4 is 5.32 Å². The van der Waals surface area contributed by atoms with Crippen LogP contribution in [0.3, 0.4) is 0 Å². The van der Waals surface area contributed by atoms with Crippen LogP contribution in [0.4, 0.5) is 0 Å². The minimum absolute atomic E-state index is 0.901. The van der Waals surface area contributed by atoms with Gasteiger partial charge in [0.25, 0.3) is 0 Å². The van der Waals surface area contributed by atoms with E-state index < -0.39 is 0 Å². The van der Waals surface area contributed by atoms with Crippen LogP contribution >= 0.6 is 11.6 Å². The van der Waals surface area contributed by atoms with Crippen molar-refractivity contribution in [3.63, 3.8) is 0 Å². The molecule has 0 unspecified atom stereocenters. The van der Waals surface area contributed by atoms with Crippen molar-refractivity contribution in [2.45, 2.75) is 45.4 Å². The van der Waals surface area contributed by atoms with Gasteiger partial charge in [0.05, 0.1) is 0 Å². The van der Waals surface area contributed by atoms with Crippen molar-refractivity contribution in [2.24, 2.45) is 0 Å². The fourth-order valence-corrected chi connectivity index (χ4v) is 1.35. The first-order valence-corrected chi connectivity index (χ1v) is 5.81. The van der Waals surface area contributed by atoms with E-state index in [9.17, 15) is 0 Å². The number of halogens is 1. The molecular weight excluding hydrogens is 182 g/mol. The molecule has 0 aliphatic carbocycles. The lowest BCUT2D eigenvalue weighted by molar-refractivity contribution is 0.585. The van der Waals surface area contributed by atoms with Gasteiger partial charge in [-0.25, -0.2) is 0 Å². The van der Waals surface area contributed by atoms with E-state index in [-0.39, 0.29) is 0 Å². The predicted molar refractivity (Wildman–Crippen MR) is 61.2 cm³/mol. The molecule has 0 radical (unpaired) electrons. The summed E-state index contributed by atoms with van der Waals surface area (Å²) in [7, 11) is 0. The fraction of sp³-hybridized carbons (Fsp3) is 0.818. The third kappa shape index (κ3) is 12.0. The molecule has 0 atom stereocenters. The summed E-state index contributed by atoms with van der Waals surface area (Å²) in [5.41, 5.74) is 1.56. The first-order chi connectivity index (χ1) is 6.41. The minimum atomic E-state index is 0.901. The highest BCUT2D eigenvalue weighted by Crippen LogP contribution is 2.03. The molecule has 0 aromatic carbocycles. The standard InChI is InChI=1S/C11H22ClN/c1-2-3-4-5-6-7-10-13-11-8-9-12/h8-9,13H,2-7,10-11H2,1H3/b9-8+. The second kappa shape index (κ2) is 12.0. The summed E-state index contributed by atoms with van der Waals surface area (Å²) in [6, 6.07) is 0. The van der Waals surface area contributed by atoms with Gasteiger partial charge in [-0.05, 0) is 13.0 Å². The number of rotatable bonds is 9. The summed E-state index contributed by atoms with van der Waals surface area (Å²) in [4.78, 5) is 0. The lowest BCUT2D eigenvalue weighted by Gasteiger charge is -2.01. The van der Waals surface area contributed by atoms with Gasteiger partial charge in [0.2, 0.25) is 0 Å². The van der Waals surface area contributed by atoms with Crippen LogP contribution in [-0.2, 0) is 0 Å². The Balaban J connectivity index is 2.83. The maximum absolute atomic E-state index is 5.38. The molecule has 0 rings (SSSR count). The van der Waals surface area contributed by atoms with Gasteiger partial charge in [-0.15, -0.1) is 0 Å². The van der Waals surface area contributed by atoms with E-state index in [4.69, 9.17) is 11.6 Å². The van der Waals surface area contributed by atoms with E-state index in [2.05, 4.69) is 12.2 Å². The molecule has 0 spiro atoms. The monoisotopic (exact) mass is 203 g/mol. The molecule has 1 nitrogen and oxygen atoms in total. The number of nitrogens with one attached hydrogen (secondary N) is 1. The normalized spacial score (nSPS) is 11.2. The average molecular weight is 204 g/mol. The van der Waals surface area contributed by atoms with Crippen molar-refractivity contribution in [3.05, 3.63) is 11.6 Å². The van der Waals surface area contributed by atoms with Crippen LogP contribution in [0, 0.1) is 0 Å². The molecular formula is C11H22ClN. The van der Waals surface area contributed by atoms with Crippen LogP contribution in [0.15, 0.2) is 11.6 Å². The van der Waals surface area contributed by atoms with Crippen molar-refractivity contribution in [2.75, 3.05) is 13.1 Å². The molecule has 0 fully saturated rings. The minimum Gasteiger partial charge on any atom is -0.313 e. The van der Waals surface area contributed by atoms with Crippen molar-refractivity contribution >= 4 is 11.6 Å². The SMILES string of the molecule is CCCCCCCCNC/C=C/Cl. The van der Waals surface area contributed by atoms with Crippen LogP contribution in [-0.4, -0.2) is 13.1 Å². The lowest BCUT2D eigenvalue weighted by Crippen LogP contribution is -2.14. The Morgan fingerprint density at radius 3 is 2.46 bits per heavy atom. The zero-order valence-electron chi connectivity index (χ0n) is 8.69. The van der Waals surface area contributed by atoms with Gasteiger partial charge < -0.3 is 5.32 Å². The molecule has 0 aliphatic heterocycles. The van der Waals surface area contributed by atoms with Gasteiger partial charge in [-0.2, -0.15) is 0 Å². The highest BCUT2D eigenvalue weighted by Gasteiger charge is 1.88. The number of hydrogen-bond acceptors (Lipinski definition) is 1. The Morgan fingerprint density at radius 2 is 1.77 bits per heavy atom. The van der Waals surface area contributed by atoms with Crippen LogP contribution in [0.1, 0.15) is 45.4 Å². The highest BCUT2D eigenvalue weighted by molar-refractivity contribution is 6.25. The molecule has 0 amide bonds. The van der Waals surface area contributed by atoms with E-state index in [1.807, 2.05) is 6.08 Å². The third-order valence-corrected chi connectivity index (χ3v) is 2.24. The second-order valence-corrected chi connectivity index (χ2v) is 3.59. The Labute approximate surface area is 87.6 Å². The maximum Gasteiger partial charge on any atom is 0.0146 e. The molecule has 0 aromatic rings. The predicted octanol–water partition coefficient (Wildman–Crippen LogP) is 3.69. The molecule has 0 heterocycles. The van der Waals surface area contributed by atoms with Gasteiger partial charge in [0, 0.05) is 12.1 Å². The molecule has 0 bridgehead atoms. The Hall–Kier alpha value is -0.0100. The van der Waals surface area contributed by atoms with Gasteiger partial charge in [0.15, 0.2) is 0 Å². The summed E-state index contributed by atoms with van der Waals surface area (Å²) in [6.45, 7) is 4.27. The molecule has 1 N–H and O–H groups in total. The summed E-state index contributed by atoms with van der Waals surface area (Å²) in [5, 5.41) is 3.31. The van der Waals surface area contributed by atoms with Crippen LogP contribution in [0.2, 0.25) is 0 Å². The second-order valence-electron chi connectivity index (χ2n) is 3.33. The fourth-order valence-electron chi connectivity index (χ4n) is 1.26. The smallest absolute Gasteiger partial charge is 0.0146 e. The first kappa shape index (κ1) is 13.0. The van der Waals surface area contributed by atoms with E-state index in [1.54, 1.807) is 5.54 Å². The summed E-state index contributed by atoms with van der Waals surface area (Å²) in [5.74, 6) is 0. The average Bonchev–Trinajstić information content (AvgIpc) is 2.16. The quantitative estimate of drug-likeness (QED) is 0.564. The molecule has 2 heteroatoms. The molecule has 0 saturated carbocycles. The van der Waals surface area contributed by atoms with Crippen molar-refractivity contribution < 1.29 is 0 Å². The zero-order chi connectivity index (χ0) is 9.78. The van der Waals surface area contributed by atoms with Gasteiger partial charge >= 0.3 is 0 Å². The van der Waals surface area contributed by atoms with Gasteiger partial charge in [-0.1, -0.05) is 56.7 Å². The molecule has 13 heavy (non-hydrogen) atoms. The van der Waals surface area contributed by atoms with Crippen molar-refractivity contribution in [1.29, 1.82) is 0 Å². The number of unbranched alkanes of at least 4 members (excludes halogenated alkanes) is 5. The zero-order valence-corrected chi connectivity index (χ0v) is 9.45. The Kier molecular flexibility index (Phi) is 12.0. The van der Waals surface area contributed by atoms with Crippen molar-refractivity contribution in [3.8, 4) is 0 Å². The van der Waals surface area contributed by atoms with Gasteiger partial charge in [-0.3, -0.25) is 0 Å². The third-order valence-electron chi connectivity index (χ3n) is 2.06. The number of hydrogen-bond donors (Lipinski definition) is 1. The molecule has 78 valence electrons. The van der Waals surface area contributed by atoms with Gasteiger partial charge in [0.1, 0.15) is 0 Å². The lowest BCUT2D eigenvalue weighted by atomic mass is 10.1. The summed E-state index contributed by atoms with van der Waals surface area (Å²) < 4.78 is 0. The van der Waals surface area contributed by atoms with E-state index in [0.717, 1.165) is 13.1 Å². The van der Waals surface area contributed by atoms with E-state index >= 15 is 0 Å². The van der Waals surface area contributed by atoms with E-state index in [1.165, 1.54) is 38.5 Å². The Bertz CT molecular complexity index is 113. The van der Waals surface area contributed by atoms with Crippen LogP contribution in [0.25, 0.3) is 0 Å².